The predicted molar refractivity (Wildman–Crippen MR) is 189 cm³/mol. The SMILES string of the molecule is COc1cc(-c2cn(C)c(=O)c3cnc(N(C)C)cc23)cc(OC)c1CN1CCC2(CC1)CC(N1CCN(C3CCC(=O)NC3=O)C(=O)C1)C2. The molecule has 50 heavy (non-hydrogen) atoms. The highest BCUT2D eigenvalue weighted by molar-refractivity contribution is 6.02. The Morgan fingerprint density at radius 3 is 2.28 bits per heavy atom. The minimum absolute atomic E-state index is 0.0183. The van der Waals surface area contributed by atoms with Gasteiger partial charge < -0.3 is 23.8 Å². The monoisotopic (exact) mass is 685 g/mol. The van der Waals surface area contributed by atoms with Crippen LogP contribution < -0.4 is 25.2 Å². The van der Waals surface area contributed by atoms with Gasteiger partial charge in [-0.05, 0) is 74.4 Å². The van der Waals surface area contributed by atoms with Crippen molar-refractivity contribution in [2.75, 3.05) is 65.9 Å². The molecule has 1 N–H and O–H groups in total. The molecular weight excluding hydrogens is 638 g/mol. The number of aryl methyl sites for hydroxylation is 1. The minimum Gasteiger partial charge on any atom is -0.496 e. The van der Waals surface area contributed by atoms with Crippen LogP contribution in [-0.4, -0.2) is 115 Å². The maximum atomic E-state index is 13.1. The molecule has 4 fully saturated rings. The molecule has 5 heterocycles. The third-order valence-corrected chi connectivity index (χ3v) is 11.5. The number of hydrogen-bond donors (Lipinski definition) is 1. The number of hydrogen-bond acceptors (Lipinski definition) is 10. The summed E-state index contributed by atoms with van der Waals surface area (Å²) in [5.74, 6) is 1.63. The zero-order chi connectivity index (χ0) is 35.3. The lowest BCUT2D eigenvalue weighted by Crippen LogP contribution is -2.64. The molecule has 1 aliphatic carbocycles. The zero-order valence-corrected chi connectivity index (χ0v) is 29.7. The van der Waals surface area contributed by atoms with Crippen LogP contribution in [0.15, 0.2) is 35.4 Å². The van der Waals surface area contributed by atoms with E-state index in [9.17, 15) is 19.2 Å². The maximum Gasteiger partial charge on any atom is 0.259 e. The number of piperidine rings is 2. The summed E-state index contributed by atoms with van der Waals surface area (Å²) in [6, 6.07) is 5.88. The van der Waals surface area contributed by atoms with E-state index in [2.05, 4.69) is 20.1 Å². The number of pyridine rings is 2. The summed E-state index contributed by atoms with van der Waals surface area (Å²) in [7, 11) is 8.98. The second-order valence-electron chi connectivity index (χ2n) is 14.7. The van der Waals surface area contributed by atoms with E-state index < -0.39 is 6.04 Å². The van der Waals surface area contributed by atoms with E-state index in [1.165, 1.54) is 0 Å². The molecule has 1 saturated carbocycles. The number of anilines is 1. The van der Waals surface area contributed by atoms with Crippen molar-refractivity contribution in [2.45, 2.75) is 57.2 Å². The van der Waals surface area contributed by atoms with Gasteiger partial charge in [0.2, 0.25) is 17.7 Å². The van der Waals surface area contributed by atoms with Crippen LogP contribution in [0.5, 0.6) is 11.5 Å². The molecule has 4 aliphatic rings. The van der Waals surface area contributed by atoms with Gasteiger partial charge in [-0.25, -0.2) is 4.98 Å². The number of methoxy groups -OCH3 is 2. The lowest BCUT2D eigenvalue weighted by atomic mass is 9.60. The van der Waals surface area contributed by atoms with E-state index >= 15 is 0 Å². The largest absolute Gasteiger partial charge is 0.496 e. The number of rotatable bonds is 8. The summed E-state index contributed by atoms with van der Waals surface area (Å²) >= 11 is 0. The van der Waals surface area contributed by atoms with E-state index in [1.807, 2.05) is 43.4 Å². The summed E-state index contributed by atoms with van der Waals surface area (Å²) in [6.45, 7) is 4.25. The molecule has 13 nitrogen and oxygen atoms in total. The number of carbonyl (C=O) groups excluding carboxylic acids is 3. The Bertz CT molecular complexity index is 1870. The maximum absolute atomic E-state index is 13.1. The van der Waals surface area contributed by atoms with Gasteiger partial charge in [0.05, 0.1) is 31.7 Å². The zero-order valence-electron chi connectivity index (χ0n) is 29.7. The Kier molecular flexibility index (Phi) is 9.06. The van der Waals surface area contributed by atoms with E-state index in [-0.39, 0.29) is 29.7 Å². The molecule has 3 amide bonds. The average Bonchev–Trinajstić information content (AvgIpc) is 3.09. The molecule has 1 aromatic carbocycles. The summed E-state index contributed by atoms with van der Waals surface area (Å²) in [5, 5.41) is 3.76. The number of likely N-dealkylation sites (tertiary alicyclic amines) is 1. The standard InChI is InChI=1S/C37H47N7O6/c1-40(2)32-16-25-26(19-38-32)36(48)41(3)20-27(25)23-14-30(49-4)28(31(15-23)50-5)21-42-10-8-37(9-11-42)17-24(18-37)43-12-13-44(34(46)22-43)29-6-7-33(45)39-35(29)47/h14-16,19-20,24,29H,6-13,17-18,21-22H2,1-5H3,(H,39,45,47). The molecule has 3 aromatic rings. The Morgan fingerprint density at radius 2 is 1.66 bits per heavy atom. The number of nitrogens with one attached hydrogen (secondary N) is 1. The summed E-state index contributed by atoms with van der Waals surface area (Å²) in [4.78, 5) is 62.8. The molecule has 0 radical (unpaired) electrons. The number of carbonyl (C=O) groups is 3. The fourth-order valence-electron chi connectivity index (χ4n) is 8.46. The molecule has 7 rings (SSSR count). The van der Waals surface area contributed by atoms with Crippen LogP contribution in [0, 0.1) is 5.41 Å². The van der Waals surface area contributed by atoms with Gasteiger partial charge in [0.1, 0.15) is 23.4 Å². The van der Waals surface area contributed by atoms with E-state index in [0.29, 0.717) is 42.9 Å². The highest BCUT2D eigenvalue weighted by Gasteiger charge is 2.49. The first kappa shape index (κ1) is 34.0. The Morgan fingerprint density at radius 1 is 0.960 bits per heavy atom. The van der Waals surface area contributed by atoms with Crippen LogP contribution in [0.2, 0.25) is 0 Å². The van der Waals surface area contributed by atoms with Crippen molar-refractivity contribution in [2.24, 2.45) is 12.5 Å². The van der Waals surface area contributed by atoms with Gasteiger partial charge in [-0.1, -0.05) is 0 Å². The molecule has 266 valence electrons. The first-order valence-electron chi connectivity index (χ1n) is 17.5. The van der Waals surface area contributed by atoms with Crippen LogP contribution in [0.4, 0.5) is 5.82 Å². The minimum atomic E-state index is -0.532. The number of aromatic nitrogens is 2. The molecule has 1 spiro atoms. The number of piperazine rings is 1. The van der Waals surface area contributed by atoms with E-state index in [4.69, 9.17) is 9.47 Å². The quantitative estimate of drug-likeness (QED) is 0.353. The average molecular weight is 686 g/mol. The van der Waals surface area contributed by atoms with Crippen molar-refractivity contribution in [1.29, 1.82) is 0 Å². The van der Waals surface area contributed by atoms with Crippen LogP contribution in [0.3, 0.4) is 0 Å². The van der Waals surface area contributed by atoms with Gasteiger partial charge in [0.25, 0.3) is 5.56 Å². The first-order chi connectivity index (χ1) is 24.0. The first-order valence-corrected chi connectivity index (χ1v) is 17.5. The molecule has 13 heteroatoms. The van der Waals surface area contributed by atoms with Crippen LogP contribution >= 0.6 is 0 Å². The summed E-state index contributed by atoms with van der Waals surface area (Å²) in [5.41, 5.74) is 2.99. The smallest absolute Gasteiger partial charge is 0.259 e. The van der Waals surface area contributed by atoms with Crippen molar-refractivity contribution >= 4 is 34.3 Å². The van der Waals surface area contributed by atoms with Gasteiger partial charge >= 0.3 is 0 Å². The fraction of sp³-hybridized carbons (Fsp3) is 0.541. The third-order valence-electron chi connectivity index (χ3n) is 11.5. The van der Waals surface area contributed by atoms with Crippen molar-refractivity contribution in [1.82, 2.24) is 29.6 Å². The normalized spacial score (nSPS) is 21.7. The van der Waals surface area contributed by atoms with Gasteiger partial charge in [-0.15, -0.1) is 0 Å². The highest BCUT2D eigenvalue weighted by Crippen LogP contribution is 2.51. The van der Waals surface area contributed by atoms with Crippen molar-refractivity contribution < 1.29 is 23.9 Å². The van der Waals surface area contributed by atoms with Gasteiger partial charge in [0, 0.05) is 76.6 Å². The van der Waals surface area contributed by atoms with Crippen molar-refractivity contribution in [3.05, 3.63) is 46.5 Å². The number of fused-ring (bicyclic) bond motifs is 1. The Labute approximate surface area is 292 Å². The van der Waals surface area contributed by atoms with Crippen LogP contribution in [0.1, 0.15) is 44.1 Å². The van der Waals surface area contributed by atoms with Crippen molar-refractivity contribution in [3.8, 4) is 22.6 Å². The number of benzene rings is 1. The Hall–Kier alpha value is -4.49. The molecule has 1 atom stereocenters. The predicted octanol–water partition coefficient (Wildman–Crippen LogP) is 2.38. The molecule has 3 saturated heterocycles. The van der Waals surface area contributed by atoms with Gasteiger partial charge in [-0.3, -0.25) is 34.3 Å². The topological polar surface area (TPSA) is 130 Å². The van der Waals surface area contributed by atoms with Crippen LogP contribution in [0.25, 0.3) is 21.9 Å². The second-order valence-corrected chi connectivity index (χ2v) is 14.7. The molecule has 3 aliphatic heterocycles. The lowest BCUT2D eigenvalue weighted by molar-refractivity contribution is -0.152. The molecule has 1 unspecified atom stereocenters. The summed E-state index contributed by atoms with van der Waals surface area (Å²) in [6.07, 6.45) is 8.58. The number of ether oxygens (including phenoxy) is 2. The van der Waals surface area contributed by atoms with Crippen molar-refractivity contribution in [3.63, 3.8) is 0 Å². The second kappa shape index (κ2) is 13.3. The lowest BCUT2D eigenvalue weighted by Gasteiger charge is -2.56. The van der Waals surface area contributed by atoms with Crippen LogP contribution in [-0.2, 0) is 28.0 Å². The van der Waals surface area contributed by atoms with E-state index in [1.54, 1.807) is 36.9 Å². The fourth-order valence-corrected chi connectivity index (χ4v) is 8.46. The van der Waals surface area contributed by atoms with E-state index in [0.717, 1.165) is 84.7 Å². The molecular formula is C37H47N7O6. The van der Waals surface area contributed by atoms with Gasteiger partial charge in [-0.2, -0.15) is 0 Å². The number of nitrogens with zero attached hydrogens (tertiary/aromatic N) is 6. The molecule has 0 bridgehead atoms. The summed E-state index contributed by atoms with van der Waals surface area (Å²) < 4.78 is 13.5. The number of amides is 3. The highest BCUT2D eigenvalue weighted by atomic mass is 16.5. The molecule has 2 aromatic heterocycles. The third kappa shape index (κ3) is 6.21. The number of imide groups is 1. The Balaban J connectivity index is 1.00. The van der Waals surface area contributed by atoms with Gasteiger partial charge in [0.15, 0.2) is 0 Å².